The summed E-state index contributed by atoms with van der Waals surface area (Å²) >= 11 is 0. The first kappa shape index (κ1) is 17.7. The quantitative estimate of drug-likeness (QED) is 0.754. The van der Waals surface area contributed by atoms with E-state index in [4.69, 9.17) is 4.74 Å². The fourth-order valence-electron chi connectivity index (χ4n) is 3.47. The predicted molar refractivity (Wildman–Crippen MR) is 103 cm³/mol. The van der Waals surface area contributed by atoms with Gasteiger partial charge < -0.3 is 9.64 Å². The van der Waals surface area contributed by atoms with Crippen molar-refractivity contribution in [1.82, 2.24) is 20.3 Å². The van der Waals surface area contributed by atoms with E-state index >= 15 is 0 Å². The highest BCUT2D eigenvalue weighted by Crippen LogP contribution is 2.34. The third-order valence-electron chi connectivity index (χ3n) is 5.10. The number of carbonyl (C=O) groups excluding carboxylic acids is 1. The standard InChI is InChI=1S/C21H24N4O2/c1-21(2,3)18-13-25(12-17(27-18)14-8-5-4-6-9-14)20(26)15-10-7-11-16-19(15)23-24-22-16/h4-11,17-18H,12-13H2,1-3H3,(H,22,23,24)/t17-,18+/m0/s1. The van der Waals surface area contributed by atoms with Crippen molar-refractivity contribution in [2.45, 2.75) is 33.0 Å². The molecule has 1 aliphatic rings. The van der Waals surface area contributed by atoms with Gasteiger partial charge in [-0.1, -0.05) is 57.2 Å². The molecule has 0 unspecified atom stereocenters. The molecule has 27 heavy (non-hydrogen) atoms. The van der Waals surface area contributed by atoms with E-state index in [1.54, 1.807) is 0 Å². The molecule has 0 aliphatic carbocycles. The van der Waals surface area contributed by atoms with Crippen molar-refractivity contribution in [3.05, 3.63) is 59.7 Å². The first-order valence-corrected chi connectivity index (χ1v) is 9.22. The van der Waals surface area contributed by atoms with Crippen molar-refractivity contribution in [3.63, 3.8) is 0 Å². The van der Waals surface area contributed by atoms with E-state index in [0.29, 0.717) is 29.7 Å². The summed E-state index contributed by atoms with van der Waals surface area (Å²) in [5, 5.41) is 10.9. The minimum Gasteiger partial charge on any atom is -0.366 e. The lowest BCUT2D eigenvalue weighted by Crippen LogP contribution is -2.51. The number of ether oxygens (including phenoxy) is 1. The molecule has 0 saturated carbocycles. The van der Waals surface area contributed by atoms with E-state index in [-0.39, 0.29) is 23.5 Å². The van der Waals surface area contributed by atoms with E-state index < -0.39 is 0 Å². The molecule has 2 aromatic carbocycles. The summed E-state index contributed by atoms with van der Waals surface area (Å²) in [4.78, 5) is 15.2. The number of carbonyl (C=O) groups is 1. The SMILES string of the molecule is CC(C)(C)[C@H]1CN(C(=O)c2cccc3n[nH]nc23)C[C@@H](c2ccccc2)O1. The zero-order chi connectivity index (χ0) is 19.0. The van der Waals surface area contributed by atoms with Gasteiger partial charge in [0.05, 0.1) is 18.2 Å². The molecule has 0 spiro atoms. The normalized spacial score (nSPS) is 20.8. The molecule has 0 radical (unpaired) electrons. The van der Waals surface area contributed by atoms with Crippen molar-refractivity contribution in [2.24, 2.45) is 5.41 Å². The van der Waals surface area contributed by atoms with E-state index in [0.717, 1.165) is 5.56 Å². The monoisotopic (exact) mass is 364 g/mol. The molecule has 3 aromatic rings. The molecule has 6 nitrogen and oxygen atoms in total. The van der Waals surface area contributed by atoms with Crippen molar-refractivity contribution < 1.29 is 9.53 Å². The highest BCUT2D eigenvalue weighted by molar-refractivity contribution is 6.04. The van der Waals surface area contributed by atoms with Crippen LogP contribution >= 0.6 is 0 Å². The number of nitrogens with one attached hydrogen (secondary N) is 1. The van der Waals surface area contributed by atoms with E-state index in [2.05, 4.69) is 48.3 Å². The van der Waals surface area contributed by atoms with Crippen molar-refractivity contribution in [3.8, 4) is 0 Å². The molecule has 4 rings (SSSR count). The number of para-hydroxylation sites is 1. The Morgan fingerprint density at radius 1 is 1.07 bits per heavy atom. The number of hydrogen-bond donors (Lipinski definition) is 1. The molecule has 1 fully saturated rings. The highest BCUT2D eigenvalue weighted by Gasteiger charge is 2.38. The number of hydrogen-bond acceptors (Lipinski definition) is 4. The molecule has 6 heteroatoms. The van der Waals surface area contributed by atoms with Gasteiger partial charge in [-0.25, -0.2) is 0 Å². The van der Waals surface area contributed by atoms with Crippen LogP contribution in [0.1, 0.15) is 42.8 Å². The summed E-state index contributed by atoms with van der Waals surface area (Å²) in [6, 6.07) is 15.6. The molecule has 1 amide bonds. The van der Waals surface area contributed by atoms with Gasteiger partial charge in [0.1, 0.15) is 17.1 Å². The van der Waals surface area contributed by atoms with Gasteiger partial charge in [-0.3, -0.25) is 4.79 Å². The Balaban J connectivity index is 1.68. The first-order valence-electron chi connectivity index (χ1n) is 9.22. The Morgan fingerprint density at radius 2 is 1.85 bits per heavy atom. The van der Waals surface area contributed by atoms with Crippen LogP contribution < -0.4 is 0 Å². The molecule has 140 valence electrons. The molecular weight excluding hydrogens is 340 g/mol. The van der Waals surface area contributed by atoms with Crippen LogP contribution in [0, 0.1) is 5.41 Å². The number of amides is 1. The number of rotatable bonds is 2. The van der Waals surface area contributed by atoms with Gasteiger partial charge in [-0.2, -0.15) is 15.4 Å². The van der Waals surface area contributed by atoms with Gasteiger partial charge >= 0.3 is 0 Å². The van der Waals surface area contributed by atoms with Crippen LogP contribution in [0.25, 0.3) is 11.0 Å². The van der Waals surface area contributed by atoms with Crippen LogP contribution in [0.4, 0.5) is 0 Å². The number of fused-ring (bicyclic) bond motifs is 1. The third-order valence-corrected chi connectivity index (χ3v) is 5.10. The van der Waals surface area contributed by atoms with Gasteiger partial charge in [0, 0.05) is 6.54 Å². The second-order valence-electron chi connectivity index (χ2n) is 8.10. The lowest BCUT2D eigenvalue weighted by molar-refractivity contribution is -0.119. The number of aromatic amines is 1. The second-order valence-corrected chi connectivity index (χ2v) is 8.10. The largest absolute Gasteiger partial charge is 0.366 e. The maximum absolute atomic E-state index is 13.3. The lowest BCUT2D eigenvalue weighted by Gasteiger charge is -2.43. The van der Waals surface area contributed by atoms with Crippen LogP contribution in [-0.4, -0.2) is 45.4 Å². The molecule has 0 bridgehead atoms. The zero-order valence-corrected chi connectivity index (χ0v) is 15.8. The van der Waals surface area contributed by atoms with Crippen LogP contribution in [0.15, 0.2) is 48.5 Å². The summed E-state index contributed by atoms with van der Waals surface area (Å²) in [7, 11) is 0. The summed E-state index contributed by atoms with van der Waals surface area (Å²) in [5.74, 6) is -0.0343. The predicted octanol–water partition coefficient (Wildman–Crippen LogP) is 3.59. The number of morpholine rings is 1. The molecule has 1 N–H and O–H groups in total. The van der Waals surface area contributed by atoms with Gasteiger partial charge in [0.15, 0.2) is 0 Å². The molecule has 1 aliphatic heterocycles. The Kier molecular flexibility index (Phi) is 4.44. The van der Waals surface area contributed by atoms with Gasteiger partial charge in [-0.05, 0) is 23.1 Å². The van der Waals surface area contributed by atoms with Crippen LogP contribution in [0.2, 0.25) is 0 Å². The summed E-state index contributed by atoms with van der Waals surface area (Å²) < 4.78 is 6.40. The fraction of sp³-hybridized carbons (Fsp3) is 0.381. The Hall–Kier alpha value is -2.73. The molecular formula is C21H24N4O2. The first-order chi connectivity index (χ1) is 12.9. The average Bonchev–Trinajstić information content (AvgIpc) is 3.16. The smallest absolute Gasteiger partial charge is 0.256 e. The Bertz CT molecular complexity index is 945. The van der Waals surface area contributed by atoms with E-state index in [9.17, 15) is 4.79 Å². The average molecular weight is 364 g/mol. The molecule has 1 aromatic heterocycles. The van der Waals surface area contributed by atoms with Crippen LogP contribution in [0.5, 0.6) is 0 Å². The molecule has 2 heterocycles. The topological polar surface area (TPSA) is 71.1 Å². The maximum atomic E-state index is 13.3. The summed E-state index contributed by atoms with van der Waals surface area (Å²) in [6.45, 7) is 7.51. The van der Waals surface area contributed by atoms with E-state index in [1.807, 2.05) is 41.3 Å². The van der Waals surface area contributed by atoms with Gasteiger partial charge in [-0.15, -0.1) is 0 Å². The minimum atomic E-state index is -0.148. The van der Waals surface area contributed by atoms with Crippen molar-refractivity contribution in [1.29, 1.82) is 0 Å². The summed E-state index contributed by atoms with van der Waals surface area (Å²) in [5.41, 5.74) is 2.89. The summed E-state index contributed by atoms with van der Waals surface area (Å²) in [6.07, 6.45) is -0.207. The minimum absolute atomic E-state index is 0.0343. The number of nitrogens with zero attached hydrogens (tertiary/aromatic N) is 3. The third kappa shape index (κ3) is 3.45. The van der Waals surface area contributed by atoms with Crippen LogP contribution in [-0.2, 0) is 4.74 Å². The van der Waals surface area contributed by atoms with Crippen LogP contribution in [0.3, 0.4) is 0 Å². The maximum Gasteiger partial charge on any atom is 0.256 e. The fourth-order valence-corrected chi connectivity index (χ4v) is 3.47. The molecule has 2 atom stereocenters. The van der Waals surface area contributed by atoms with E-state index in [1.165, 1.54) is 0 Å². The van der Waals surface area contributed by atoms with Gasteiger partial charge in [0.25, 0.3) is 5.91 Å². The Morgan fingerprint density at radius 3 is 2.59 bits per heavy atom. The highest BCUT2D eigenvalue weighted by atomic mass is 16.5. The van der Waals surface area contributed by atoms with Crippen molar-refractivity contribution >= 4 is 16.9 Å². The lowest BCUT2D eigenvalue weighted by atomic mass is 9.87. The molecule has 1 saturated heterocycles. The Labute approximate surface area is 158 Å². The number of aromatic nitrogens is 3. The number of benzene rings is 2. The second kappa shape index (κ2) is 6.78. The van der Waals surface area contributed by atoms with Gasteiger partial charge in [0.2, 0.25) is 0 Å². The zero-order valence-electron chi connectivity index (χ0n) is 15.8. The number of H-pyrrole nitrogens is 1. The van der Waals surface area contributed by atoms with Crippen molar-refractivity contribution in [2.75, 3.05) is 13.1 Å².